The van der Waals surface area contributed by atoms with Crippen LogP contribution in [0.5, 0.6) is 0 Å². The Hall–Kier alpha value is -0.0500. The van der Waals surface area contributed by atoms with E-state index in [2.05, 4.69) is 22.9 Å². The van der Waals surface area contributed by atoms with Crippen molar-refractivity contribution in [3.8, 4) is 0 Å². The summed E-state index contributed by atoms with van der Waals surface area (Å²) >= 11 is 3.35. The molecule has 0 saturated carbocycles. The molecule has 3 heteroatoms. The first-order valence-electron chi connectivity index (χ1n) is 5.42. The highest BCUT2D eigenvalue weighted by atomic mass is 79.9. The van der Waals surface area contributed by atoms with Crippen molar-refractivity contribution in [2.45, 2.75) is 63.8 Å². The van der Waals surface area contributed by atoms with Gasteiger partial charge in [0.2, 0.25) is 0 Å². The van der Waals surface area contributed by atoms with Gasteiger partial charge in [0.15, 0.2) is 0 Å². The molecule has 2 nitrogen and oxygen atoms in total. The largest absolute Gasteiger partial charge is 0.462 e. The summed E-state index contributed by atoms with van der Waals surface area (Å²) in [5, 5.41) is 0. The molecule has 0 bridgehead atoms. The fourth-order valence-electron chi connectivity index (χ4n) is 1.17. The molecular weight excluding hydrogens is 244 g/mol. The van der Waals surface area contributed by atoms with Crippen LogP contribution in [0.2, 0.25) is 0 Å². The molecule has 0 aliphatic rings. The van der Waals surface area contributed by atoms with Crippen molar-refractivity contribution in [3.63, 3.8) is 0 Å². The standard InChI is InChI=1S/C11H21BrO2/c1-4-5-6-7-8-10(12)11(13)14-9(2)3/h9-10H,4-8H2,1-3H3/t10-/m0/s1. The van der Waals surface area contributed by atoms with Gasteiger partial charge in [-0.3, -0.25) is 4.79 Å². The van der Waals surface area contributed by atoms with Crippen molar-refractivity contribution in [2.75, 3.05) is 0 Å². The number of alkyl halides is 1. The van der Waals surface area contributed by atoms with Crippen LogP contribution in [-0.4, -0.2) is 16.9 Å². The maximum atomic E-state index is 11.3. The molecule has 0 N–H and O–H groups in total. The van der Waals surface area contributed by atoms with Crippen molar-refractivity contribution in [3.05, 3.63) is 0 Å². The third-order valence-electron chi connectivity index (χ3n) is 1.92. The Balaban J connectivity index is 3.52. The van der Waals surface area contributed by atoms with Crippen LogP contribution in [-0.2, 0) is 9.53 Å². The second-order valence-corrected chi connectivity index (χ2v) is 4.91. The lowest BCUT2D eigenvalue weighted by molar-refractivity contribution is -0.146. The highest BCUT2D eigenvalue weighted by Crippen LogP contribution is 2.14. The predicted molar refractivity (Wildman–Crippen MR) is 62.7 cm³/mol. The molecule has 0 unspecified atom stereocenters. The molecule has 84 valence electrons. The van der Waals surface area contributed by atoms with Crippen molar-refractivity contribution >= 4 is 21.9 Å². The summed E-state index contributed by atoms with van der Waals surface area (Å²) in [5.74, 6) is -0.128. The number of esters is 1. The number of carbonyl (C=O) groups is 1. The van der Waals surface area contributed by atoms with Gasteiger partial charge in [0.05, 0.1) is 6.10 Å². The quantitative estimate of drug-likeness (QED) is 0.399. The summed E-state index contributed by atoms with van der Waals surface area (Å²) in [4.78, 5) is 11.2. The summed E-state index contributed by atoms with van der Waals surface area (Å²) in [6, 6.07) is 0. The minimum atomic E-state index is -0.128. The van der Waals surface area contributed by atoms with E-state index in [1.54, 1.807) is 0 Å². The summed E-state index contributed by atoms with van der Waals surface area (Å²) < 4.78 is 5.08. The topological polar surface area (TPSA) is 26.3 Å². The molecule has 0 aromatic carbocycles. The number of hydrogen-bond donors (Lipinski definition) is 0. The van der Waals surface area contributed by atoms with Gasteiger partial charge in [-0.1, -0.05) is 48.5 Å². The van der Waals surface area contributed by atoms with Gasteiger partial charge in [-0.2, -0.15) is 0 Å². The second-order valence-electron chi connectivity index (χ2n) is 3.80. The highest BCUT2D eigenvalue weighted by Gasteiger charge is 2.16. The van der Waals surface area contributed by atoms with Crippen LogP contribution in [0.1, 0.15) is 52.9 Å². The van der Waals surface area contributed by atoms with Crippen molar-refractivity contribution in [2.24, 2.45) is 0 Å². The van der Waals surface area contributed by atoms with E-state index in [4.69, 9.17) is 4.74 Å². The maximum Gasteiger partial charge on any atom is 0.319 e. The first kappa shape index (κ1) is 13.9. The molecule has 0 spiro atoms. The Morgan fingerprint density at radius 1 is 1.29 bits per heavy atom. The minimum Gasteiger partial charge on any atom is -0.462 e. The molecule has 14 heavy (non-hydrogen) atoms. The molecule has 0 heterocycles. The van der Waals surface area contributed by atoms with E-state index >= 15 is 0 Å². The molecule has 0 aromatic heterocycles. The Kier molecular flexibility index (Phi) is 8.24. The third kappa shape index (κ3) is 7.36. The Morgan fingerprint density at radius 2 is 1.93 bits per heavy atom. The van der Waals surface area contributed by atoms with E-state index in [0.29, 0.717) is 0 Å². The van der Waals surface area contributed by atoms with Crippen LogP contribution < -0.4 is 0 Å². The van der Waals surface area contributed by atoms with Gasteiger partial charge in [0.1, 0.15) is 4.83 Å². The van der Waals surface area contributed by atoms with E-state index in [0.717, 1.165) is 12.8 Å². The zero-order valence-corrected chi connectivity index (χ0v) is 11.0. The van der Waals surface area contributed by atoms with Crippen LogP contribution >= 0.6 is 15.9 Å². The van der Waals surface area contributed by atoms with Crippen LogP contribution in [0.4, 0.5) is 0 Å². The van der Waals surface area contributed by atoms with Gasteiger partial charge < -0.3 is 4.74 Å². The molecule has 0 aliphatic heterocycles. The fraction of sp³-hybridized carbons (Fsp3) is 0.909. The summed E-state index contributed by atoms with van der Waals surface area (Å²) in [6.45, 7) is 5.92. The second kappa shape index (κ2) is 8.27. The maximum absolute atomic E-state index is 11.3. The average Bonchev–Trinajstić information content (AvgIpc) is 2.11. The summed E-state index contributed by atoms with van der Waals surface area (Å²) in [6.07, 6.45) is 5.64. The van der Waals surface area contributed by atoms with Gasteiger partial charge in [0, 0.05) is 0 Å². The first-order valence-corrected chi connectivity index (χ1v) is 6.34. The Bertz CT molecular complexity index is 157. The molecule has 0 radical (unpaired) electrons. The number of rotatable bonds is 7. The number of hydrogen-bond acceptors (Lipinski definition) is 2. The van der Waals surface area contributed by atoms with Crippen LogP contribution in [0.25, 0.3) is 0 Å². The third-order valence-corrected chi connectivity index (χ3v) is 2.75. The van der Waals surface area contributed by atoms with Gasteiger partial charge in [-0.15, -0.1) is 0 Å². The van der Waals surface area contributed by atoms with E-state index in [1.165, 1.54) is 19.3 Å². The van der Waals surface area contributed by atoms with Gasteiger partial charge in [0.25, 0.3) is 0 Å². The zero-order valence-electron chi connectivity index (χ0n) is 9.38. The van der Waals surface area contributed by atoms with Gasteiger partial charge in [-0.05, 0) is 20.3 Å². The SMILES string of the molecule is CCCCCC[C@H](Br)C(=O)OC(C)C. The van der Waals surface area contributed by atoms with Crippen LogP contribution in [0.15, 0.2) is 0 Å². The Morgan fingerprint density at radius 3 is 2.43 bits per heavy atom. The Labute approximate surface area is 95.5 Å². The molecule has 0 amide bonds. The smallest absolute Gasteiger partial charge is 0.319 e. The van der Waals surface area contributed by atoms with Gasteiger partial charge >= 0.3 is 5.97 Å². The lowest BCUT2D eigenvalue weighted by Crippen LogP contribution is -2.21. The monoisotopic (exact) mass is 264 g/mol. The zero-order chi connectivity index (χ0) is 11.0. The lowest BCUT2D eigenvalue weighted by Gasteiger charge is -2.12. The van der Waals surface area contributed by atoms with Crippen LogP contribution in [0.3, 0.4) is 0 Å². The van der Waals surface area contributed by atoms with Gasteiger partial charge in [-0.25, -0.2) is 0 Å². The highest BCUT2D eigenvalue weighted by molar-refractivity contribution is 9.10. The number of ether oxygens (including phenoxy) is 1. The predicted octanol–water partition coefficient (Wildman–Crippen LogP) is 3.67. The molecule has 0 aliphatic carbocycles. The molecule has 1 atom stereocenters. The minimum absolute atomic E-state index is 0.0156. The van der Waals surface area contributed by atoms with Crippen molar-refractivity contribution < 1.29 is 9.53 Å². The molecule has 0 fully saturated rings. The van der Waals surface area contributed by atoms with E-state index in [9.17, 15) is 4.79 Å². The summed E-state index contributed by atoms with van der Waals surface area (Å²) in [5.41, 5.74) is 0. The molecular formula is C11H21BrO2. The average molecular weight is 265 g/mol. The normalized spacial score (nSPS) is 12.9. The van der Waals surface area contributed by atoms with E-state index < -0.39 is 0 Å². The summed E-state index contributed by atoms with van der Waals surface area (Å²) in [7, 11) is 0. The lowest BCUT2D eigenvalue weighted by atomic mass is 10.1. The molecule has 0 saturated heterocycles. The van der Waals surface area contributed by atoms with Crippen LogP contribution in [0, 0.1) is 0 Å². The van der Waals surface area contributed by atoms with E-state index in [-0.39, 0.29) is 16.9 Å². The first-order chi connectivity index (χ1) is 6.57. The number of unbranched alkanes of at least 4 members (excludes halogenated alkanes) is 3. The number of halogens is 1. The van der Waals surface area contributed by atoms with E-state index in [1.807, 2.05) is 13.8 Å². The van der Waals surface area contributed by atoms with Crippen molar-refractivity contribution in [1.29, 1.82) is 0 Å². The molecule has 0 aromatic rings. The van der Waals surface area contributed by atoms with Crippen molar-refractivity contribution in [1.82, 2.24) is 0 Å². The molecule has 0 rings (SSSR count). The number of carbonyl (C=O) groups excluding carboxylic acids is 1. The fourth-order valence-corrected chi connectivity index (χ4v) is 1.61.